The molecule has 0 aliphatic carbocycles. The zero-order valence-corrected chi connectivity index (χ0v) is 11.7. The number of aromatic nitrogens is 5. The van der Waals surface area contributed by atoms with Gasteiger partial charge in [-0.25, -0.2) is 4.98 Å². The average molecular weight is 285 g/mol. The molecule has 6 nitrogen and oxygen atoms in total. The molecule has 8 heteroatoms. The van der Waals surface area contributed by atoms with Crippen LogP contribution in [0.15, 0.2) is 23.9 Å². The van der Waals surface area contributed by atoms with Crippen LogP contribution in [0.2, 0.25) is 5.28 Å². The lowest BCUT2D eigenvalue weighted by Crippen LogP contribution is -2.15. The molecule has 0 N–H and O–H groups in total. The number of nitrogens with zero attached hydrogens (tertiary/aromatic N) is 6. The van der Waals surface area contributed by atoms with Gasteiger partial charge in [0.1, 0.15) is 6.33 Å². The van der Waals surface area contributed by atoms with E-state index in [0.717, 1.165) is 12.3 Å². The molecule has 0 atom stereocenters. The lowest BCUT2D eigenvalue weighted by atomic mass is 10.7. The molecule has 0 spiro atoms. The fraction of sp³-hybridized carbons (Fsp3) is 0.400. The second kappa shape index (κ2) is 6.12. The zero-order valence-electron chi connectivity index (χ0n) is 10.1. The molecule has 0 amide bonds. The van der Waals surface area contributed by atoms with Gasteiger partial charge in [0.2, 0.25) is 11.2 Å². The van der Waals surface area contributed by atoms with Crippen molar-refractivity contribution in [2.75, 3.05) is 26.4 Å². The van der Waals surface area contributed by atoms with Crippen molar-refractivity contribution in [3.05, 3.63) is 24.0 Å². The molecule has 0 aliphatic heterocycles. The first kappa shape index (κ1) is 13.3. The monoisotopic (exact) mass is 284 g/mol. The smallest absolute Gasteiger partial charge is 0.240 e. The van der Waals surface area contributed by atoms with Crippen LogP contribution >= 0.6 is 23.4 Å². The highest BCUT2D eigenvalue weighted by Crippen LogP contribution is 2.16. The molecule has 18 heavy (non-hydrogen) atoms. The van der Waals surface area contributed by atoms with Gasteiger partial charge in [0.05, 0.1) is 0 Å². The van der Waals surface area contributed by atoms with Crippen LogP contribution in [0.1, 0.15) is 0 Å². The minimum Gasteiger partial charge on any atom is -0.309 e. The van der Waals surface area contributed by atoms with Crippen molar-refractivity contribution in [3.8, 4) is 5.95 Å². The van der Waals surface area contributed by atoms with E-state index in [1.54, 1.807) is 35.0 Å². The van der Waals surface area contributed by atoms with E-state index in [0.29, 0.717) is 11.1 Å². The summed E-state index contributed by atoms with van der Waals surface area (Å²) in [5.41, 5.74) is 0. The zero-order chi connectivity index (χ0) is 13.0. The predicted molar refractivity (Wildman–Crippen MR) is 71.2 cm³/mol. The van der Waals surface area contributed by atoms with E-state index < -0.39 is 0 Å². The van der Waals surface area contributed by atoms with E-state index in [1.165, 1.54) is 0 Å². The maximum absolute atomic E-state index is 5.89. The van der Waals surface area contributed by atoms with Gasteiger partial charge in [-0.15, -0.1) is 0 Å². The van der Waals surface area contributed by atoms with E-state index in [2.05, 4.69) is 24.8 Å². The average Bonchev–Trinajstić information content (AvgIpc) is 2.81. The third kappa shape index (κ3) is 3.66. The summed E-state index contributed by atoms with van der Waals surface area (Å²) in [5, 5.41) is 0.821. The van der Waals surface area contributed by atoms with E-state index in [4.69, 9.17) is 11.6 Å². The number of imidazole rings is 1. The first-order valence-corrected chi connectivity index (χ1v) is 6.69. The van der Waals surface area contributed by atoms with Crippen LogP contribution < -0.4 is 0 Å². The number of halogens is 1. The minimum absolute atomic E-state index is 0.195. The maximum Gasteiger partial charge on any atom is 0.240 e. The summed E-state index contributed by atoms with van der Waals surface area (Å²) < 4.78 is 1.70. The summed E-state index contributed by atoms with van der Waals surface area (Å²) in [5.74, 6) is 1.39. The maximum atomic E-state index is 5.89. The molecule has 96 valence electrons. The first-order valence-electron chi connectivity index (χ1n) is 5.32. The van der Waals surface area contributed by atoms with Crippen molar-refractivity contribution in [1.82, 2.24) is 29.4 Å². The molecule has 2 heterocycles. The summed E-state index contributed by atoms with van der Waals surface area (Å²) in [6, 6.07) is 0. The van der Waals surface area contributed by atoms with Crippen molar-refractivity contribution in [1.29, 1.82) is 0 Å². The number of rotatable bonds is 5. The summed E-state index contributed by atoms with van der Waals surface area (Å²) >= 11 is 7.44. The summed E-state index contributed by atoms with van der Waals surface area (Å²) in [6.45, 7) is 0.953. The van der Waals surface area contributed by atoms with Gasteiger partial charge in [-0.3, -0.25) is 4.57 Å². The lowest BCUT2D eigenvalue weighted by Gasteiger charge is -2.08. The largest absolute Gasteiger partial charge is 0.309 e. The van der Waals surface area contributed by atoms with E-state index in [-0.39, 0.29) is 5.28 Å². The quantitative estimate of drug-likeness (QED) is 0.773. The Labute approximate surface area is 114 Å². The number of thioether (sulfide) groups is 1. The van der Waals surface area contributed by atoms with Crippen molar-refractivity contribution in [2.45, 2.75) is 5.16 Å². The second-order valence-electron chi connectivity index (χ2n) is 3.81. The third-order valence-electron chi connectivity index (χ3n) is 2.08. The molecule has 0 saturated heterocycles. The third-order valence-corrected chi connectivity index (χ3v) is 3.08. The molecule has 0 aromatic carbocycles. The van der Waals surface area contributed by atoms with Gasteiger partial charge < -0.3 is 4.90 Å². The Hall–Kier alpha value is -1.18. The first-order chi connectivity index (χ1) is 8.65. The highest BCUT2D eigenvalue weighted by molar-refractivity contribution is 7.99. The van der Waals surface area contributed by atoms with Crippen LogP contribution in [-0.2, 0) is 0 Å². The lowest BCUT2D eigenvalue weighted by molar-refractivity contribution is 0.437. The van der Waals surface area contributed by atoms with Crippen LogP contribution in [0.5, 0.6) is 0 Å². The van der Waals surface area contributed by atoms with Crippen molar-refractivity contribution >= 4 is 23.4 Å². The van der Waals surface area contributed by atoms with Gasteiger partial charge in [0.15, 0.2) is 5.16 Å². The topological polar surface area (TPSA) is 59.7 Å². The molecule has 0 radical (unpaired) electrons. The van der Waals surface area contributed by atoms with Crippen molar-refractivity contribution < 1.29 is 0 Å². The Morgan fingerprint density at radius 3 is 2.83 bits per heavy atom. The highest BCUT2D eigenvalue weighted by Gasteiger charge is 2.07. The van der Waals surface area contributed by atoms with Crippen molar-refractivity contribution in [2.24, 2.45) is 0 Å². The Bertz CT molecular complexity index is 501. The van der Waals surface area contributed by atoms with E-state index in [9.17, 15) is 0 Å². The summed E-state index contributed by atoms with van der Waals surface area (Å²) in [7, 11) is 4.05. The second-order valence-corrected chi connectivity index (χ2v) is 5.21. The Kier molecular flexibility index (Phi) is 4.51. The van der Waals surface area contributed by atoms with Crippen LogP contribution in [0, 0.1) is 0 Å². The molecular formula is C10H13ClN6S. The van der Waals surface area contributed by atoms with Gasteiger partial charge in [-0.05, 0) is 25.7 Å². The molecular weight excluding hydrogens is 272 g/mol. The Morgan fingerprint density at radius 1 is 1.33 bits per heavy atom. The molecule has 2 aromatic heterocycles. The number of hydrogen-bond donors (Lipinski definition) is 0. The molecule has 0 aliphatic rings. The van der Waals surface area contributed by atoms with Gasteiger partial charge >= 0.3 is 0 Å². The van der Waals surface area contributed by atoms with Gasteiger partial charge in [0.25, 0.3) is 0 Å². The summed E-state index contributed by atoms with van der Waals surface area (Å²) in [6.07, 6.45) is 5.05. The summed E-state index contributed by atoms with van der Waals surface area (Å²) in [4.78, 5) is 18.5. The van der Waals surface area contributed by atoms with E-state index in [1.807, 2.05) is 14.1 Å². The molecule has 0 saturated carbocycles. The van der Waals surface area contributed by atoms with Crippen LogP contribution in [0.4, 0.5) is 0 Å². The minimum atomic E-state index is 0.195. The molecule has 2 aromatic rings. The normalized spacial score (nSPS) is 11.1. The molecule has 2 rings (SSSR count). The molecule has 0 unspecified atom stereocenters. The Morgan fingerprint density at radius 2 is 2.17 bits per heavy atom. The SMILES string of the molecule is CN(C)CCSc1nc(Cl)nc(-n2ccnc2)n1. The fourth-order valence-corrected chi connectivity index (χ4v) is 2.34. The molecule has 0 bridgehead atoms. The van der Waals surface area contributed by atoms with Gasteiger partial charge in [-0.1, -0.05) is 11.8 Å². The van der Waals surface area contributed by atoms with Crippen molar-refractivity contribution in [3.63, 3.8) is 0 Å². The van der Waals surface area contributed by atoms with Gasteiger partial charge in [-0.2, -0.15) is 15.0 Å². The van der Waals surface area contributed by atoms with Gasteiger partial charge in [0, 0.05) is 24.7 Å². The molecule has 0 fully saturated rings. The number of hydrogen-bond acceptors (Lipinski definition) is 6. The predicted octanol–water partition coefficient (Wildman–Crippen LogP) is 1.36. The fourth-order valence-electron chi connectivity index (χ4n) is 1.20. The standard InChI is InChI=1S/C10H13ClN6S/c1-16(2)5-6-18-10-14-8(11)13-9(15-10)17-4-3-12-7-17/h3-4,7H,5-6H2,1-2H3. The van der Waals surface area contributed by atoms with Crippen LogP contribution in [0.3, 0.4) is 0 Å². The van der Waals surface area contributed by atoms with Crippen LogP contribution in [-0.4, -0.2) is 55.8 Å². The Balaban J connectivity index is 2.12. The van der Waals surface area contributed by atoms with Crippen LogP contribution in [0.25, 0.3) is 5.95 Å². The highest BCUT2D eigenvalue weighted by atomic mass is 35.5. The van der Waals surface area contributed by atoms with E-state index >= 15 is 0 Å².